The van der Waals surface area contributed by atoms with Gasteiger partial charge in [-0.1, -0.05) is 38.1 Å². The third-order valence-electron chi connectivity index (χ3n) is 2.92. The molecule has 0 aliphatic heterocycles. The molecule has 1 rings (SSSR count). The van der Waals surface area contributed by atoms with Crippen LogP contribution >= 0.6 is 0 Å². The largest absolute Gasteiger partial charge is 0.326 e. The predicted octanol–water partition coefficient (Wildman–Crippen LogP) is 3.03. The minimum absolute atomic E-state index is 0.0749. The minimum atomic E-state index is -0.0749. The van der Waals surface area contributed by atoms with E-state index in [2.05, 4.69) is 57.3 Å². The summed E-state index contributed by atoms with van der Waals surface area (Å²) in [5.41, 5.74) is 8.59. The Balaban J connectivity index is 2.33. The molecule has 17 heavy (non-hydrogen) atoms. The third-order valence-corrected chi connectivity index (χ3v) is 2.92. The first kappa shape index (κ1) is 14.2. The molecule has 0 aliphatic rings. The predicted molar refractivity (Wildman–Crippen MR) is 75.1 cm³/mol. The Morgan fingerprint density at radius 3 is 2.24 bits per heavy atom. The quantitative estimate of drug-likeness (QED) is 0.743. The van der Waals surface area contributed by atoms with E-state index in [1.165, 1.54) is 11.1 Å². The number of hydrogen-bond donors (Lipinski definition) is 2. The van der Waals surface area contributed by atoms with Gasteiger partial charge in [0.2, 0.25) is 0 Å². The summed E-state index contributed by atoms with van der Waals surface area (Å²) in [6.45, 7) is 10.5. The summed E-state index contributed by atoms with van der Waals surface area (Å²) in [7, 11) is 0. The lowest BCUT2D eigenvalue weighted by atomic mass is 10.0. The summed E-state index contributed by atoms with van der Waals surface area (Å²) in [6.07, 6.45) is 0.997. The Bertz CT molecular complexity index is 320. The molecule has 2 heteroatoms. The van der Waals surface area contributed by atoms with Crippen molar-refractivity contribution in [3.8, 4) is 0 Å². The molecule has 0 spiro atoms. The summed E-state index contributed by atoms with van der Waals surface area (Å²) >= 11 is 0. The summed E-state index contributed by atoms with van der Waals surface area (Å²) in [6, 6.07) is 8.84. The number of benzene rings is 1. The summed E-state index contributed by atoms with van der Waals surface area (Å²) in [5, 5.41) is 3.43. The molecule has 0 amide bonds. The number of hydrogen-bond acceptors (Lipinski definition) is 2. The van der Waals surface area contributed by atoms with Gasteiger partial charge in [0.05, 0.1) is 0 Å². The van der Waals surface area contributed by atoms with Crippen LogP contribution in [-0.4, -0.2) is 12.1 Å². The summed E-state index contributed by atoms with van der Waals surface area (Å²) in [5.74, 6) is 0.607. The van der Waals surface area contributed by atoms with Crippen LogP contribution in [0.2, 0.25) is 0 Å². The molecule has 0 bridgehead atoms. The van der Waals surface area contributed by atoms with Gasteiger partial charge < -0.3 is 11.1 Å². The number of rotatable bonds is 6. The molecule has 1 aromatic rings. The fourth-order valence-corrected chi connectivity index (χ4v) is 1.66. The molecule has 96 valence electrons. The Labute approximate surface area is 106 Å². The molecule has 0 fully saturated rings. The molecular formula is C15H26N2. The van der Waals surface area contributed by atoms with Crippen LogP contribution in [0.4, 0.5) is 0 Å². The van der Waals surface area contributed by atoms with Gasteiger partial charge >= 0.3 is 0 Å². The van der Waals surface area contributed by atoms with Crippen LogP contribution in [0.15, 0.2) is 24.3 Å². The molecule has 2 nitrogen and oxygen atoms in total. The van der Waals surface area contributed by atoms with Gasteiger partial charge in [-0.2, -0.15) is 0 Å². The lowest BCUT2D eigenvalue weighted by Crippen LogP contribution is -2.35. The van der Waals surface area contributed by atoms with Gasteiger partial charge in [-0.3, -0.25) is 0 Å². The van der Waals surface area contributed by atoms with Crippen molar-refractivity contribution >= 4 is 0 Å². The SMILES string of the molecule is CC(C)c1ccc(CNCCC(C)(C)N)cc1. The highest BCUT2D eigenvalue weighted by Gasteiger charge is 2.08. The van der Waals surface area contributed by atoms with E-state index in [1.807, 2.05) is 0 Å². The van der Waals surface area contributed by atoms with Crippen LogP contribution in [0.1, 0.15) is 51.2 Å². The zero-order valence-electron chi connectivity index (χ0n) is 11.6. The van der Waals surface area contributed by atoms with Crippen molar-refractivity contribution in [3.05, 3.63) is 35.4 Å². The first-order valence-corrected chi connectivity index (χ1v) is 6.47. The van der Waals surface area contributed by atoms with E-state index >= 15 is 0 Å². The second-order valence-corrected chi connectivity index (χ2v) is 5.81. The Morgan fingerprint density at radius 1 is 1.18 bits per heavy atom. The van der Waals surface area contributed by atoms with Gasteiger partial charge in [0, 0.05) is 12.1 Å². The lowest BCUT2D eigenvalue weighted by molar-refractivity contribution is 0.455. The lowest BCUT2D eigenvalue weighted by Gasteiger charge is -2.18. The molecule has 0 saturated carbocycles. The van der Waals surface area contributed by atoms with Crippen molar-refractivity contribution < 1.29 is 0 Å². The van der Waals surface area contributed by atoms with Crippen molar-refractivity contribution in [3.63, 3.8) is 0 Å². The highest BCUT2D eigenvalue weighted by Crippen LogP contribution is 2.14. The summed E-state index contributed by atoms with van der Waals surface area (Å²) < 4.78 is 0. The number of nitrogens with two attached hydrogens (primary N) is 1. The van der Waals surface area contributed by atoms with Crippen LogP contribution in [0.5, 0.6) is 0 Å². The van der Waals surface area contributed by atoms with E-state index in [0.29, 0.717) is 5.92 Å². The average molecular weight is 234 g/mol. The minimum Gasteiger partial charge on any atom is -0.326 e. The van der Waals surface area contributed by atoms with Gasteiger partial charge in [-0.25, -0.2) is 0 Å². The standard InChI is InChI=1S/C15H26N2/c1-12(2)14-7-5-13(6-8-14)11-17-10-9-15(3,4)16/h5-8,12,17H,9-11,16H2,1-4H3. The van der Waals surface area contributed by atoms with Gasteiger partial charge in [-0.15, -0.1) is 0 Å². The van der Waals surface area contributed by atoms with E-state index in [9.17, 15) is 0 Å². The smallest absolute Gasteiger partial charge is 0.0205 e. The molecule has 0 atom stereocenters. The van der Waals surface area contributed by atoms with E-state index in [1.54, 1.807) is 0 Å². The first-order chi connectivity index (χ1) is 7.88. The van der Waals surface area contributed by atoms with E-state index in [0.717, 1.165) is 19.5 Å². The second kappa shape index (κ2) is 6.18. The Kier molecular flexibility index (Phi) is 5.16. The normalized spacial score (nSPS) is 12.1. The highest BCUT2D eigenvalue weighted by molar-refractivity contribution is 5.24. The van der Waals surface area contributed by atoms with Crippen LogP contribution in [-0.2, 0) is 6.54 Å². The van der Waals surface area contributed by atoms with Crippen LogP contribution in [0, 0.1) is 0 Å². The maximum atomic E-state index is 5.93. The van der Waals surface area contributed by atoms with Gasteiger partial charge in [0.15, 0.2) is 0 Å². The van der Waals surface area contributed by atoms with Gasteiger partial charge in [0.25, 0.3) is 0 Å². The van der Waals surface area contributed by atoms with Crippen molar-refractivity contribution in [2.45, 2.75) is 52.1 Å². The second-order valence-electron chi connectivity index (χ2n) is 5.81. The molecular weight excluding hydrogens is 208 g/mol. The monoisotopic (exact) mass is 234 g/mol. The molecule has 1 aromatic carbocycles. The fourth-order valence-electron chi connectivity index (χ4n) is 1.66. The molecule has 0 unspecified atom stereocenters. The van der Waals surface area contributed by atoms with Crippen molar-refractivity contribution in [2.24, 2.45) is 5.73 Å². The van der Waals surface area contributed by atoms with Crippen LogP contribution in [0.3, 0.4) is 0 Å². The highest BCUT2D eigenvalue weighted by atomic mass is 14.9. The van der Waals surface area contributed by atoms with Crippen molar-refractivity contribution in [1.29, 1.82) is 0 Å². The molecule has 0 heterocycles. The molecule has 3 N–H and O–H groups in total. The van der Waals surface area contributed by atoms with Gasteiger partial charge in [-0.05, 0) is 43.9 Å². The average Bonchev–Trinajstić information content (AvgIpc) is 2.24. The Morgan fingerprint density at radius 2 is 1.76 bits per heavy atom. The van der Waals surface area contributed by atoms with E-state index in [4.69, 9.17) is 5.73 Å². The molecule has 0 aliphatic carbocycles. The first-order valence-electron chi connectivity index (χ1n) is 6.47. The summed E-state index contributed by atoms with van der Waals surface area (Å²) in [4.78, 5) is 0. The molecule has 0 radical (unpaired) electrons. The fraction of sp³-hybridized carbons (Fsp3) is 0.600. The zero-order valence-corrected chi connectivity index (χ0v) is 11.6. The Hall–Kier alpha value is -0.860. The zero-order chi connectivity index (χ0) is 12.9. The third kappa shape index (κ3) is 5.85. The van der Waals surface area contributed by atoms with E-state index in [-0.39, 0.29) is 5.54 Å². The van der Waals surface area contributed by atoms with Crippen molar-refractivity contribution in [1.82, 2.24) is 5.32 Å². The maximum absolute atomic E-state index is 5.93. The molecule has 0 aromatic heterocycles. The van der Waals surface area contributed by atoms with Gasteiger partial charge in [0.1, 0.15) is 0 Å². The van der Waals surface area contributed by atoms with Crippen LogP contribution < -0.4 is 11.1 Å². The van der Waals surface area contributed by atoms with Crippen LogP contribution in [0.25, 0.3) is 0 Å². The molecule has 0 saturated heterocycles. The number of nitrogens with one attached hydrogen (secondary N) is 1. The topological polar surface area (TPSA) is 38.0 Å². The van der Waals surface area contributed by atoms with E-state index < -0.39 is 0 Å². The van der Waals surface area contributed by atoms with Crippen molar-refractivity contribution in [2.75, 3.05) is 6.54 Å². The maximum Gasteiger partial charge on any atom is 0.0205 e.